The molecule has 0 fully saturated rings. The number of carbonyl (C=O) groups is 1. The van der Waals surface area contributed by atoms with Crippen molar-refractivity contribution in [2.24, 2.45) is 5.92 Å². The van der Waals surface area contributed by atoms with Crippen molar-refractivity contribution in [1.29, 1.82) is 0 Å². The summed E-state index contributed by atoms with van der Waals surface area (Å²) in [5, 5.41) is 2.95. The molecule has 4 nitrogen and oxygen atoms in total. The van der Waals surface area contributed by atoms with Crippen LogP contribution in [0.5, 0.6) is 0 Å². The monoisotopic (exact) mass is 244 g/mol. The Morgan fingerprint density at radius 2 is 1.88 bits per heavy atom. The Labute approximate surface area is 106 Å². The molecule has 0 heterocycles. The molecule has 0 radical (unpaired) electrons. The minimum Gasteiger partial charge on any atom is -0.444 e. The number of ether oxygens (including phenoxy) is 1. The highest BCUT2D eigenvalue weighted by molar-refractivity contribution is 5.68. The molecule has 1 N–H and O–H groups in total. The molecular weight excluding hydrogens is 216 g/mol. The van der Waals surface area contributed by atoms with E-state index in [1.54, 1.807) is 0 Å². The maximum absolute atomic E-state index is 11.7. The predicted molar refractivity (Wildman–Crippen MR) is 71.2 cm³/mol. The van der Waals surface area contributed by atoms with Gasteiger partial charge in [-0.3, -0.25) is 0 Å². The van der Waals surface area contributed by atoms with Gasteiger partial charge in [-0.05, 0) is 40.8 Å². The lowest BCUT2D eigenvalue weighted by molar-refractivity contribution is 0.0477. The summed E-state index contributed by atoms with van der Waals surface area (Å²) in [5.41, 5.74) is -0.442. The van der Waals surface area contributed by atoms with E-state index in [1.807, 2.05) is 34.9 Å². The summed E-state index contributed by atoms with van der Waals surface area (Å²) >= 11 is 0. The quantitative estimate of drug-likeness (QED) is 0.808. The summed E-state index contributed by atoms with van der Waals surface area (Å²) in [6.45, 7) is 10.7. The lowest BCUT2D eigenvalue weighted by atomic mass is 9.99. The number of alkyl carbamates (subject to hydrolysis) is 1. The van der Waals surface area contributed by atoms with E-state index >= 15 is 0 Å². The second kappa shape index (κ2) is 6.84. The fourth-order valence-corrected chi connectivity index (χ4v) is 1.50. The first-order valence-electron chi connectivity index (χ1n) is 6.30. The summed E-state index contributed by atoms with van der Waals surface area (Å²) in [5.74, 6) is 0.435. The summed E-state index contributed by atoms with van der Waals surface area (Å²) in [7, 11) is 4.01. The van der Waals surface area contributed by atoms with Crippen molar-refractivity contribution in [2.45, 2.75) is 52.7 Å². The number of nitrogens with zero attached hydrogens (tertiary/aromatic N) is 1. The van der Waals surface area contributed by atoms with Gasteiger partial charge >= 0.3 is 6.09 Å². The summed E-state index contributed by atoms with van der Waals surface area (Å²) < 4.78 is 5.28. The van der Waals surface area contributed by atoms with Gasteiger partial charge in [0.05, 0.1) is 0 Å². The highest BCUT2D eigenvalue weighted by Crippen LogP contribution is 2.11. The van der Waals surface area contributed by atoms with Crippen LogP contribution in [0, 0.1) is 5.92 Å². The number of likely N-dealkylation sites (N-methyl/N-ethyl adjacent to an activating group) is 1. The molecule has 0 bridgehead atoms. The number of rotatable bonds is 5. The lowest BCUT2D eigenvalue weighted by Gasteiger charge is -2.28. The second-order valence-corrected chi connectivity index (χ2v) is 5.90. The van der Waals surface area contributed by atoms with E-state index in [4.69, 9.17) is 4.74 Å². The molecule has 0 aliphatic rings. The van der Waals surface area contributed by atoms with E-state index in [0.29, 0.717) is 5.92 Å². The van der Waals surface area contributed by atoms with Crippen LogP contribution in [0.1, 0.15) is 41.0 Å². The van der Waals surface area contributed by atoms with Gasteiger partial charge in [0, 0.05) is 12.6 Å². The molecule has 0 saturated carbocycles. The Hall–Kier alpha value is -0.770. The molecule has 4 heteroatoms. The maximum atomic E-state index is 11.7. The molecule has 0 aromatic carbocycles. The van der Waals surface area contributed by atoms with Gasteiger partial charge in [-0.1, -0.05) is 20.3 Å². The van der Waals surface area contributed by atoms with Crippen molar-refractivity contribution < 1.29 is 9.53 Å². The third-order valence-corrected chi connectivity index (χ3v) is 2.59. The SMILES string of the molecule is CC[C@H](C)[C@@H](CN(C)C)NC(=O)OC(C)(C)C. The number of nitrogens with one attached hydrogen (secondary N) is 1. The van der Waals surface area contributed by atoms with Crippen LogP contribution in [0.3, 0.4) is 0 Å². The van der Waals surface area contributed by atoms with Crippen LogP contribution in [0.15, 0.2) is 0 Å². The first kappa shape index (κ1) is 16.2. The van der Waals surface area contributed by atoms with Crippen molar-refractivity contribution in [3.05, 3.63) is 0 Å². The molecule has 0 rings (SSSR count). The summed E-state index contributed by atoms with van der Waals surface area (Å²) in [6, 6.07) is 0.129. The predicted octanol–water partition coefficient (Wildman–Crippen LogP) is 2.49. The van der Waals surface area contributed by atoms with Gasteiger partial charge in [-0.15, -0.1) is 0 Å². The van der Waals surface area contributed by atoms with Crippen molar-refractivity contribution in [3.63, 3.8) is 0 Å². The maximum Gasteiger partial charge on any atom is 0.407 e. The van der Waals surface area contributed by atoms with Gasteiger partial charge < -0.3 is 15.0 Å². The highest BCUT2D eigenvalue weighted by Gasteiger charge is 2.22. The largest absolute Gasteiger partial charge is 0.444 e. The van der Waals surface area contributed by atoms with E-state index in [1.165, 1.54) is 0 Å². The van der Waals surface area contributed by atoms with Crippen molar-refractivity contribution in [3.8, 4) is 0 Å². The highest BCUT2D eigenvalue weighted by atomic mass is 16.6. The Morgan fingerprint density at radius 1 is 1.35 bits per heavy atom. The third kappa shape index (κ3) is 8.02. The fraction of sp³-hybridized carbons (Fsp3) is 0.923. The van der Waals surface area contributed by atoms with Gasteiger partial charge in [0.2, 0.25) is 0 Å². The Bertz CT molecular complexity index is 234. The average Bonchev–Trinajstić information content (AvgIpc) is 2.11. The van der Waals surface area contributed by atoms with Crippen molar-refractivity contribution in [2.75, 3.05) is 20.6 Å². The zero-order valence-electron chi connectivity index (χ0n) is 12.3. The summed E-state index contributed by atoms with van der Waals surface area (Å²) in [4.78, 5) is 13.8. The zero-order chi connectivity index (χ0) is 13.6. The average molecular weight is 244 g/mol. The second-order valence-electron chi connectivity index (χ2n) is 5.90. The zero-order valence-corrected chi connectivity index (χ0v) is 12.3. The molecule has 102 valence electrons. The molecule has 0 aromatic rings. The van der Waals surface area contributed by atoms with Crippen molar-refractivity contribution in [1.82, 2.24) is 10.2 Å². The van der Waals surface area contributed by atoms with Crippen LogP contribution < -0.4 is 5.32 Å². The van der Waals surface area contributed by atoms with Crippen LogP contribution in [0.4, 0.5) is 4.79 Å². The van der Waals surface area contributed by atoms with Crippen LogP contribution in [0.25, 0.3) is 0 Å². The fourth-order valence-electron chi connectivity index (χ4n) is 1.50. The standard InChI is InChI=1S/C13H28N2O2/c1-8-10(2)11(9-15(6)7)14-12(16)17-13(3,4)5/h10-11H,8-9H2,1-7H3,(H,14,16)/t10-,11+/m0/s1. The van der Waals surface area contributed by atoms with Crippen LogP contribution in [-0.2, 0) is 4.74 Å². The van der Waals surface area contributed by atoms with Gasteiger partial charge in [0.1, 0.15) is 5.60 Å². The number of carbonyl (C=O) groups excluding carboxylic acids is 1. The molecular formula is C13H28N2O2. The van der Waals surface area contributed by atoms with E-state index < -0.39 is 5.60 Å². The first-order chi connectivity index (χ1) is 7.65. The lowest BCUT2D eigenvalue weighted by Crippen LogP contribution is -2.47. The normalized spacial score (nSPS) is 15.5. The molecule has 0 aliphatic heterocycles. The Morgan fingerprint density at radius 3 is 2.24 bits per heavy atom. The van der Waals surface area contributed by atoms with Crippen LogP contribution >= 0.6 is 0 Å². The van der Waals surface area contributed by atoms with Gasteiger partial charge in [-0.2, -0.15) is 0 Å². The van der Waals surface area contributed by atoms with Gasteiger partial charge in [-0.25, -0.2) is 4.79 Å². The van der Waals surface area contributed by atoms with Gasteiger partial charge in [0.25, 0.3) is 0 Å². The number of hydrogen-bond acceptors (Lipinski definition) is 3. The molecule has 0 aliphatic carbocycles. The molecule has 0 spiro atoms. The molecule has 1 amide bonds. The third-order valence-electron chi connectivity index (χ3n) is 2.59. The Kier molecular flexibility index (Phi) is 6.53. The number of amides is 1. The van der Waals surface area contributed by atoms with E-state index in [2.05, 4.69) is 24.1 Å². The van der Waals surface area contributed by atoms with Crippen LogP contribution in [0.2, 0.25) is 0 Å². The number of hydrogen-bond donors (Lipinski definition) is 1. The molecule has 0 aromatic heterocycles. The molecule has 17 heavy (non-hydrogen) atoms. The Balaban J connectivity index is 4.37. The van der Waals surface area contributed by atoms with E-state index in [9.17, 15) is 4.79 Å². The molecule has 2 atom stereocenters. The van der Waals surface area contributed by atoms with Crippen molar-refractivity contribution >= 4 is 6.09 Å². The minimum atomic E-state index is -0.442. The molecule has 0 unspecified atom stereocenters. The topological polar surface area (TPSA) is 41.6 Å². The van der Waals surface area contributed by atoms with E-state index in [-0.39, 0.29) is 12.1 Å². The minimum absolute atomic E-state index is 0.129. The van der Waals surface area contributed by atoms with E-state index in [0.717, 1.165) is 13.0 Å². The summed E-state index contributed by atoms with van der Waals surface area (Å²) in [6.07, 6.45) is 0.707. The smallest absolute Gasteiger partial charge is 0.407 e. The first-order valence-corrected chi connectivity index (χ1v) is 6.30. The van der Waals surface area contributed by atoms with Crippen LogP contribution in [-0.4, -0.2) is 43.3 Å². The molecule has 0 saturated heterocycles. The van der Waals surface area contributed by atoms with Gasteiger partial charge in [0.15, 0.2) is 0 Å².